The molecule has 0 spiro atoms. The molecule has 1 saturated heterocycles. The molecule has 3 unspecified atom stereocenters. The summed E-state index contributed by atoms with van der Waals surface area (Å²) in [5.74, 6) is 0. The second-order valence-corrected chi connectivity index (χ2v) is 5.54. The largest absolute Gasteiger partial charge is 0.380 e. The maximum absolute atomic E-state index is 5.57. The van der Waals surface area contributed by atoms with Crippen LogP contribution in [0.15, 0.2) is 0 Å². The molecule has 0 aromatic heterocycles. The van der Waals surface area contributed by atoms with Gasteiger partial charge >= 0.3 is 0 Å². The zero-order valence-corrected chi connectivity index (χ0v) is 11.5. The Bertz CT molecular complexity index is 222. The molecule has 0 bridgehead atoms. The van der Waals surface area contributed by atoms with Crippen LogP contribution in [0.5, 0.6) is 0 Å². The molecule has 0 radical (unpaired) electrons. The predicted molar refractivity (Wildman–Crippen MR) is 71.3 cm³/mol. The lowest BCUT2D eigenvalue weighted by molar-refractivity contribution is 0.0804. The standard InChI is InChI=1S/C14H28N2O/c1-3-16-10-5-6-12(9-11-16)15-13-7-4-8-14(13)17-2/h12-15H,3-11H2,1-2H3. The molecule has 100 valence electrons. The second kappa shape index (κ2) is 6.72. The molecule has 1 heterocycles. The summed E-state index contributed by atoms with van der Waals surface area (Å²) in [6.45, 7) is 6.02. The Kier molecular flexibility index (Phi) is 5.26. The molecule has 1 aliphatic carbocycles. The monoisotopic (exact) mass is 240 g/mol. The number of nitrogens with zero attached hydrogens (tertiary/aromatic N) is 1. The van der Waals surface area contributed by atoms with Gasteiger partial charge in [-0.3, -0.25) is 0 Å². The summed E-state index contributed by atoms with van der Waals surface area (Å²) < 4.78 is 5.57. The third kappa shape index (κ3) is 3.67. The lowest BCUT2D eigenvalue weighted by Crippen LogP contribution is -2.43. The summed E-state index contributed by atoms with van der Waals surface area (Å²) in [6, 6.07) is 1.32. The van der Waals surface area contributed by atoms with Crippen molar-refractivity contribution < 1.29 is 4.74 Å². The van der Waals surface area contributed by atoms with Crippen molar-refractivity contribution in [2.24, 2.45) is 0 Å². The van der Waals surface area contributed by atoms with E-state index in [9.17, 15) is 0 Å². The second-order valence-electron chi connectivity index (χ2n) is 5.54. The average molecular weight is 240 g/mol. The molecule has 17 heavy (non-hydrogen) atoms. The van der Waals surface area contributed by atoms with Crippen molar-refractivity contribution >= 4 is 0 Å². The molecule has 3 nitrogen and oxygen atoms in total. The van der Waals surface area contributed by atoms with Gasteiger partial charge in [0.2, 0.25) is 0 Å². The van der Waals surface area contributed by atoms with Gasteiger partial charge in [0.15, 0.2) is 0 Å². The molecule has 2 aliphatic rings. The maximum Gasteiger partial charge on any atom is 0.0724 e. The number of nitrogens with one attached hydrogen (secondary N) is 1. The third-order valence-electron chi connectivity index (χ3n) is 4.47. The van der Waals surface area contributed by atoms with Gasteiger partial charge in [-0.15, -0.1) is 0 Å². The van der Waals surface area contributed by atoms with Crippen molar-refractivity contribution in [3.8, 4) is 0 Å². The first-order valence-electron chi connectivity index (χ1n) is 7.34. The molecule has 3 heteroatoms. The van der Waals surface area contributed by atoms with E-state index in [1.807, 2.05) is 7.11 Å². The minimum atomic E-state index is 0.459. The average Bonchev–Trinajstić information content (AvgIpc) is 2.67. The van der Waals surface area contributed by atoms with Crippen molar-refractivity contribution in [2.75, 3.05) is 26.7 Å². The normalized spacial score (nSPS) is 36.0. The highest BCUT2D eigenvalue weighted by molar-refractivity contribution is 4.87. The van der Waals surface area contributed by atoms with Gasteiger partial charge in [-0.25, -0.2) is 0 Å². The highest BCUT2D eigenvalue weighted by Crippen LogP contribution is 2.23. The summed E-state index contributed by atoms with van der Waals surface area (Å²) in [7, 11) is 1.86. The fourth-order valence-corrected chi connectivity index (χ4v) is 3.34. The van der Waals surface area contributed by atoms with Crippen molar-refractivity contribution in [3.63, 3.8) is 0 Å². The Hall–Kier alpha value is -0.120. The number of ether oxygens (including phenoxy) is 1. The summed E-state index contributed by atoms with van der Waals surface area (Å²) in [6.07, 6.45) is 8.30. The van der Waals surface area contributed by atoms with Crippen molar-refractivity contribution in [1.29, 1.82) is 0 Å². The van der Waals surface area contributed by atoms with Gasteiger partial charge in [-0.2, -0.15) is 0 Å². The van der Waals surface area contributed by atoms with Gasteiger partial charge in [-0.05, 0) is 58.2 Å². The van der Waals surface area contributed by atoms with Gasteiger partial charge in [0.05, 0.1) is 6.10 Å². The Labute approximate surface area is 106 Å². The van der Waals surface area contributed by atoms with E-state index < -0.39 is 0 Å². The van der Waals surface area contributed by atoms with E-state index in [4.69, 9.17) is 4.74 Å². The lowest BCUT2D eigenvalue weighted by atomic mass is 10.1. The van der Waals surface area contributed by atoms with Crippen LogP contribution in [0.1, 0.15) is 45.4 Å². The molecule has 0 amide bonds. The molecular formula is C14H28N2O. The predicted octanol–water partition coefficient (Wildman–Crippen LogP) is 2.02. The highest BCUT2D eigenvalue weighted by Gasteiger charge is 2.29. The van der Waals surface area contributed by atoms with Gasteiger partial charge in [0.25, 0.3) is 0 Å². The first-order valence-corrected chi connectivity index (χ1v) is 7.34. The summed E-state index contributed by atoms with van der Waals surface area (Å²) in [5, 5.41) is 3.85. The quantitative estimate of drug-likeness (QED) is 0.813. The van der Waals surface area contributed by atoms with Crippen LogP contribution < -0.4 is 5.32 Å². The molecule has 1 aliphatic heterocycles. The van der Waals surface area contributed by atoms with Crippen molar-refractivity contribution in [2.45, 2.75) is 63.6 Å². The lowest BCUT2D eigenvalue weighted by Gasteiger charge is -2.26. The number of hydrogen-bond donors (Lipinski definition) is 1. The smallest absolute Gasteiger partial charge is 0.0724 e. The zero-order chi connectivity index (χ0) is 12.1. The van der Waals surface area contributed by atoms with Gasteiger partial charge in [0.1, 0.15) is 0 Å². The van der Waals surface area contributed by atoms with Crippen LogP contribution in [0.3, 0.4) is 0 Å². The zero-order valence-electron chi connectivity index (χ0n) is 11.5. The number of hydrogen-bond acceptors (Lipinski definition) is 3. The molecule has 1 saturated carbocycles. The number of rotatable bonds is 4. The summed E-state index contributed by atoms with van der Waals surface area (Å²) >= 11 is 0. The molecular weight excluding hydrogens is 212 g/mol. The highest BCUT2D eigenvalue weighted by atomic mass is 16.5. The Balaban J connectivity index is 1.78. The SMILES string of the molecule is CCN1CCCC(NC2CCCC2OC)CC1. The van der Waals surface area contributed by atoms with Crippen LogP contribution in [0, 0.1) is 0 Å². The third-order valence-corrected chi connectivity index (χ3v) is 4.47. The minimum absolute atomic E-state index is 0.459. The van der Waals surface area contributed by atoms with Crippen LogP contribution >= 0.6 is 0 Å². The van der Waals surface area contributed by atoms with E-state index >= 15 is 0 Å². The van der Waals surface area contributed by atoms with Crippen LogP contribution in [-0.2, 0) is 4.74 Å². The first-order chi connectivity index (χ1) is 8.33. The van der Waals surface area contributed by atoms with Gasteiger partial charge in [0, 0.05) is 19.2 Å². The Morgan fingerprint density at radius 2 is 2.00 bits per heavy atom. The van der Waals surface area contributed by atoms with Gasteiger partial charge < -0.3 is 15.0 Å². The molecule has 2 rings (SSSR count). The number of methoxy groups -OCH3 is 1. The molecule has 1 N–H and O–H groups in total. The summed E-state index contributed by atoms with van der Waals surface area (Å²) in [4.78, 5) is 2.57. The van der Waals surface area contributed by atoms with E-state index in [2.05, 4.69) is 17.1 Å². The first kappa shape index (κ1) is 13.3. The number of likely N-dealkylation sites (tertiary alicyclic amines) is 1. The van der Waals surface area contributed by atoms with Crippen LogP contribution in [0.4, 0.5) is 0 Å². The molecule has 3 atom stereocenters. The molecule has 0 aromatic carbocycles. The van der Waals surface area contributed by atoms with Crippen molar-refractivity contribution in [3.05, 3.63) is 0 Å². The molecule has 2 fully saturated rings. The maximum atomic E-state index is 5.57. The van der Waals surface area contributed by atoms with Crippen LogP contribution in [0.2, 0.25) is 0 Å². The van der Waals surface area contributed by atoms with E-state index in [-0.39, 0.29) is 0 Å². The topological polar surface area (TPSA) is 24.5 Å². The Morgan fingerprint density at radius 3 is 2.76 bits per heavy atom. The van der Waals surface area contributed by atoms with Crippen molar-refractivity contribution in [1.82, 2.24) is 10.2 Å². The summed E-state index contributed by atoms with van der Waals surface area (Å²) in [5.41, 5.74) is 0. The van der Waals surface area contributed by atoms with Crippen LogP contribution in [-0.4, -0.2) is 49.8 Å². The van der Waals surface area contributed by atoms with Gasteiger partial charge in [-0.1, -0.05) is 6.92 Å². The van der Waals surface area contributed by atoms with Crippen LogP contribution in [0.25, 0.3) is 0 Å². The minimum Gasteiger partial charge on any atom is -0.380 e. The fourth-order valence-electron chi connectivity index (χ4n) is 3.34. The van der Waals surface area contributed by atoms with E-state index in [1.165, 1.54) is 58.2 Å². The van der Waals surface area contributed by atoms with E-state index in [1.54, 1.807) is 0 Å². The molecule has 0 aromatic rings. The fraction of sp³-hybridized carbons (Fsp3) is 1.00. The Morgan fingerprint density at radius 1 is 1.12 bits per heavy atom. The van der Waals surface area contributed by atoms with E-state index in [0.29, 0.717) is 18.2 Å². The van der Waals surface area contributed by atoms with E-state index in [0.717, 1.165) is 0 Å².